The van der Waals surface area contributed by atoms with Crippen LogP contribution in [0.15, 0.2) is 12.5 Å². The van der Waals surface area contributed by atoms with Gasteiger partial charge in [0, 0.05) is 0 Å². The quantitative estimate of drug-likeness (QED) is 0.618. The summed E-state index contributed by atoms with van der Waals surface area (Å²) in [5.41, 5.74) is 6.64. The van der Waals surface area contributed by atoms with Crippen molar-refractivity contribution in [3.8, 4) is 0 Å². The van der Waals surface area contributed by atoms with Crippen molar-refractivity contribution < 1.29 is 0 Å². The molecule has 2 aromatic heterocycles. The number of nitrogen functional groups attached to an aromatic ring is 1. The number of halogens is 1. The number of nitrogens with two attached hydrogens (primary N) is 1. The maximum atomic E-state index is 5.69. The van der Waals surface area contributed by atoms with Crippen LogP contribution in [0.3, 0.4) is 0 Å². The molecule has 0 radical (unpaired) electrons. The molecule has 2 aromatic rings. The summed E-state index contributed by atoms with van der Waals surface area (Å²) in [4.78, 5) is 0. The summed E-state index contributed by atoms with van der Waals surface area (Å²) >= 11 is 5.69. The van der Waals surface area contributed by atoms with E-state index in [1.54, 1.807) is 0 Å². The number of hydrogen-bond donors (Lipinski definition) is 1. The van der Waals surface area contributed by atoms with E-state index in [0.717, 1.165) is 0 Å². The third-order valence-corrected chi connectivity index (χ3v) is 1.58. The third kappa shape index (κ3) is 0.813. The summed E-state index contributed by atoms with van der Waals surface area (Å²) in [5, 5.41) is 11.4. The molecule has 0 saturated heterocycles. The van der Waals surface area contributed by atoms with E-state index in [4.69, 9.17) is 17.3 Å². The summed E-state index contributed by atoms with van der Waals surface area (Å²) in [6, 6.07) is 0. The Hall–Kier alpha value is -1.36. The molecule has 6 heteroatoms. The molecule has 56 valence electrons. The zero-order valence-corrected chi connectivity index (χ0v) is 6.15. The first kappa shape index (κ1) is 6.36. The molecule has 0 spiro atoms. The lowest BCUT2D eigenvalue weighted by Gasteiger charge is -1.92. The van der Waals surface area contributed by atoms with Crippen LogP contribution < -0.4 is 5.73 Å². The van der Waals surface area contributed by atoms with Crippen LogP contribution in [0.1, 0.15) is 0 Å². The smallest absolute Gasteiger partial charge is 0.179 e. The van der Waals surface area contributed by atoms with Gasteiger partial charge in [-0.15, -0.1) is 10.2 Å². The molecule has 0 bridgehead atoms. The van der Waals surface area contributed by atoms with E-state index in [2.05, 4.69) is 15.3 Å². The first-order valence-electron chi connectivity index (χ1n) is 2.89. The van der Waals surface area contributed by atoms with Gasteiger partial charge in [0.25, 0.3) is 0 Å². The normalized spacial score (nSPS) is 10.6. The minimum atomic E-state index is 0.266. The van der Waals surface area contributed by atoms with Gasteiger partial charge < -0.3 is 5.73 Å². The van der Waals surface area contributed by atoms with Gasteiger partial charge in [0.15, 0.2) is 5.15 Å². The maximum Gasteiger partial charge on any atom is 0.179 e. The van der Waals surface area contributed by atoms with Crippen molar-refractivity contribution >= 4 is 22.8 Å². The lowest BCUT2D eigenvalue weighted by Crippen LogP contribution is -1.93. The first-order valence-corrected chi connectivity index (χ1v) is 3.27. The van der Waals surface area contributed by atoms with Gasteiger partial charge in [-0.25, -0.2) is 4.52 Å². The molecule has 0 aromatic carbocycles. The fraction of sp³-hybridized carbons (Fsp3) is 0. The average Bonchev–Trinajstić information content (AvgIpc) is 2.34. The molecule has 2 N–H and O–H groups in total. The van der Waals surface area contributed by atoms with Crippen molar-refractivity contribution in [3.63, 3.8) is 0 Å². The van der Waals surface area contributed by atoms with Crippen molar-refractivity contribution in [2.24, 2.45) is 0 Å². The van der Waals surface area contributed by atoms with E-state index in [1.807, 2.05) is 0 Å². The Morgan fingerprint density at radius 1 is 1.55 bits per heavy atom. The number of fused-ring (bicyclic) bond motifs is 1. The van der Waals surface area contributed by atoms with Gasteiger partial charge in [0.2, 0.25) is 0 Å². The predicted molar refractivity (Wildman–Crippen MR) is 40.2 cm³/mol. The zero-order chi connectivity index (χ0) is 7.84. The molecular weight excluding hydrogens is 166 g/mol. The Labute approximate surface area is 66.8 Å². The highest BCUT2D eigenvalue weighted by molar-refractivity contribution is 6.33. The molecule has 0 saturated carbocycles. The van der Waals surface area contributed by atoms with E-state index in [9.17, 15) is 0 Å². The van der Waals surface area contributed by atoms with Crippen molar-refractivity contribution in [2.75, 3.05) is 5.73 Å². The largest absolute Gasteiger partial charge is 0.396 e. The number of anilines is 1. The van der Waals surface area contributed by atoms with Gasteiger partial charge in [-0.3, -0.25) is 0 Å². The Morgan fingerprint density at radius 2 is 2.36 bits per heavy atom. The van der Waals surface area contributed by atoms with Crippen LogP contribution in [0, 0.1) is 0 Å². The lowest BCUT2D eigenvalue weighted by atomic mass is 10.5. The first-order chi connectivity index (χ1) is 5.29. The predicted octanol–water partition coefficient (Wildman–Crippen LogP) is 0.360. The van der Waals surface area contributed by atoms with Gasteiger partial charge in [-0.05, 0) is 0 Å². The van der Waals surface area contributed by atoms with Crippen molar-refractivity contribution in [3.05, 3.63) is 17.7 Å². The summed E-state index contributed by atoms with van der Waals surface area (Å²) in [6.45, 7) is 0. The Balaban J connectivity index is 2.96. The van der Waals surface area contributed by atoms with Crippen LogP contribution in [0.25, 0.3) is 5.52 Å². The van der Waals surface area contributed by atoms with E-state index < -0.39 is 0 Å². The van der Waals surface area contributed by atoms with E-state index in [1.165, 1.54) is 17.0 Å². The highest BCUT2D eigenvalue weighted by atomic mass is 35.5. The second-order valence-electron chi connectivity index (χ2n) is 2.01. The molecule has 0 amide bonds. The molecular formula is C5H4ClN5. The topological polar surface area (TPSA) is 69.1 Å². The summed E-state index contributed by atoms with van der Waals surface area (Å²) < 4.78 is 1.48. The number of rotatable bonds is 0. The monoisotopic (exact) mass is 169 g/mol. The zero-order valence-electron chi connectivity index (χ0n) is 5.40. The second kappa shape index (κ2) is 2.06. The highest BCUT2D eigenvalue weighted by Gasteiger charge is 2.04. The van der Waals surface area contributed by atoms with E-state index >= 15 is 0 Å². The maximum absolute atomic E-state index is 5.69. The van der Waals surface area contributed by atoms with Crippen LogP contribution in [0.4, 0.5) is 5.69 Å². The Morgan fingerprint density at radius 3 is 3.09 bits per heavy atom. The van der Waals surface area contributed by atoms with Crippen molar-refractivity contribution in [2.45, 2.75) is 0 Å². The molecule has 0 unspecified atom stereocenters. The summed E-state index contributed by atoms with van der Waals surface area (Å²) in [7, 11) is 0. The second-order valence-corrected chi connectivity index (χ2v) is 2.37. The van der Waals surface area contributed by atoms with E-state index in [-0.39, 0.29) is 5.15 Å². The van der Waals surface area contributed by atoms with Crippen LogP contribution in [-0.2, 0) is 0 Å². The van der Waals surface area contributed by atoms with Gasteiger partial charge in [0.05, 0.1) is 11.9 Å². The van der Waals surface area contributed by atoms with E-state index in [0.29, 0.717) is 11.2 Å². The number of aromatic nitrogens is 4. The Bertz CT molecular complexity index is 395. The molecule has 0 aliphatic carbocycles. The van der Waals surface area contributed by atoms with Crippen LogP contribution in [0.5, 0.6) is 0 Å². The summed E-state index contributed by atoms with van der Waals surface area (Å²) in [5.74, 6) is 0. The van der Waals surface area contributed by atoms with Crippen molar-refractivity contribution in [1.29, 1.82) is 0 Å². The number of nitrogens with zero attached hydrogens (tertiary/aromatic N) is 4. The molecule has 0 atom stereocenters. The van der Waals surface area contributed by atoms with Crippen molar-refractivity contribution in [1.82, 2.24) is 19.8 Å². The SMILES string of the molecule is Nc1cnn2cnnc(Cl)c12. The lowest BCUT2D eigenvalue weighted by molar-refractivity contribution is 0.864. The minimum Gasteiger partial charge on any atom is -0.396 e. The highest BCUT2D eigenvalue weighted by Crippen LogP contribution is 2.18. The standard InChI is InChI=1S/C5H4ClN5/c6-5-4-3(7)1-9-11(4)2-8-10-5/h1-2H,7H2. The van der Waals surface area contributed by atoms with Crippen LogP contribution in [0.2, 0.25) is 5.15 Å². The number of hydrogen-bond acceptors (Lipinski definition) is 4. The molecule has 0 fully saturated rings. The van der Waals surface area contributed by atoms with Crippen LogP contribution in [-0.4, -0.2) is 19.8 Å². The average molecular weight is 170 g/mol. The molecule has 11 heavy (non-hydrogen) atoms. The van der Waals surface area contributed by atoms with Gasteiger partial charge >= 0.3 is 0 Å². The van der Waals surface area contributed by atoms with Gasteiger partial charge in [-0.2, -0.15) is 5.10 Å². The molecule has 2 heterocycles. The van der Waals surface area contributed by atoms with Crippen LogP contribution >= 0.6 is 11.6 Å². The fourth-order valence-electron chi connectivity index (χ4n) is 0.850. The molecule has 5 nitrogen and oxygen atoms in total. The Kier molecular flexibility index (Phi) is 1.19. The van der Waals surface area contributed by atoms with Gasteiger partial charge in [-0.1, -0.05) is 11.6 Å². The summed E-state index contributed by atoms with van der Waals surface area (Å²) in [6.07, 6.45) is 2.95. The minimum absolute atomic E-state index is 0.266. The van der Waals surface area contributed by atoms with Gasteiger partial charge in [0.1, 0.15) is 11.8 Å². The molecule has 0 aliphatic rings. The molecule has 2 rings (SSSR count). The fourth-order valence-corrected chi connectivity index (χ4v) is 1.09. The third-order valence-electron chi connectivity index (χ3n) is 1.33. The molecule has 0 aliphatic heterocycles.